The average Bonchev–Trinajstić information content (AvgIpc) is 3.07. The van der Waals surface area contributed by atoms with Gasteiger partial charge in [0.1, 0.15) is 0 Å². The molecule has 1 aliphatic rings. The number of carbonyl (C=O) groups is 1. The van der Waals surface area contributed by atoms with Crippen molar-refractivity contribution in [2.45, 2.75) is 0 Å². The van der Waals surface area contributed by atoms with Crippen LogP contribution in [0.1, 0.15) is 5.56 Å². The van der Waals surface area contributed by atoms with E-state index >= 15 is 0 Å². The zero-order valence-electron chi connectivity index (χ0n) is 14.1. The predicted molar refractivity (Wildman–Crippen MR) is 104 cm³/mol. The van der Waals surface area contributed by atoms with E-state index in [9.17, 15) is 10.1 Å². The Morgan fingerprint density at radius 1 is 1.12 bits per heavy atom. The number of thiazole rings is 1. The van der Waals surface area contributed by atoms with Crippen molar-refractivity contribution in [2.24, 2.45) is 0 Å². The van der Waals surface area contributed by atoms with Crippen molar-refractivity contribution in [2.75, 3.05) is 36.8 Å². The molecule has 0 radical (unpaired) electrons. The number of nitrogens with two attached hydrogens (primary N) is 1. The molecular formula is C19H17N5OS. The van der Waals surface area contributed by atoms with Gasteiger partial charge in [-0.25, -0.2) is 4.98 Å². The van der Waals surface area contributed by atoms with Gasteiger partial charge in [0.2, 0.25) is 6.41 Å². The third-order valence-corrected chi connectivity index (χ3v) is 5.60. The van der Waals surface area contributed by atoms with Crippen molar-refractivity contribution < 1.29 is 4.79 Å². The summed E-state index contributed by atoms with van der Waals surface area (Å²) in [6.45, 7) is 3.12. The number of piperazine rings is 1. The summed E-state index contributed by atoms with van der Waals surface area (Å²) in [4.78, 5) is 19.2. The lowest BCUT2D eigenvalue weighted by atomic mass is 9.99. The molecule has 0 bridgehead atoms. The number of nitrogens with zero attached hydrogens (tertiary/aromatic N) is 4. The van der Waals surface area contributed by atoms with Crippen LogP contribution in [0.25, 0.3) is 21.3 Å². The summed E-state index contributed by atoms with van der Waals surface area (Å²) in [6.07, 6.45) is 0.908. The number of nitriles is 1. The minimum Gasteiger partial charge on any atom is -0.375 e. The number of hydrogen-bond acceptors (Lipinski definition) is 6. The SMILES string of the molecule is N#Cc1ccc2nc(N)sc2c1-c1ccc(N2CCN(C=O)CC2)cc1. The van der Waals surface area contributed by atoms with Crippen molar-refractivity contribution in [3.05, 3.63) is 42.0 Å². The number of nitrogen functional groups attached to an aromatic ring is 1. The van der Waals surface area contributed by atoms with E-state index in [2.05, 4.69) is 28.1 Å². The molecular weight excluding hydrogens is 346 g/mol. The maximum absolute atomic E-state index is 10.8. The Bertz CT molecular complexity index is 997. The fraction of sp³-hybridized carbons (Fsp3) is 0.211. The number of carbonyl (C=O) groups excluding carboxylic acids is 1. The second-order valence-electron chi connectivity index (χ2n) is 6.18. The zero-order valence-corrected chi connectivity index (χ0v) is 14.9. The van der Waals surface area contributed by atoms with Crippen LogP contribution >= 0.6 is 11.3 Å². The topological polar surface area (TPSA) is 86.2 Å². The van der Waals surface area contributed by atoms with E-state index in [4.69, 9.17) is 5.73 Å². The quantitative estimate of drug-likeness (QED) is 0.723. The van der Waals surface area contributed by atoms with Gasteiger partial charge in [0.05, 0.1) is 21.8 Å². The Labute approximate surface area is 155 Å². The van der Waals surface area contributed by atoms with Crippen LogP contribution in [0.4, 0.5) is 10.8 Å². The summed E-state index contributed by atoms with van der Waals surface area (Å²) in [6, 6.07) is 14.1. The molecule has 130 valence electrons. The average molecular weight is 363 g/mol. The van der Waals surface area contributed by atoms with Crippen LogP contribution in [-0.4, -0.2) is 42.5 Å². The third kappa shape index (κ3) is 2.85. The summed E-state index contributed by atoms with van der Waals surface area (Å²) < 4.78 is 0.939. The lowest BCUT2D eigenvalue weighted by molar-refractivity contribution is -0.118. The lowest BCUT2D eigenvalue weighted by Gasteiger charge is -2.34. The standard InChI is InChI=1S/C19H17N5OS/c20-11-14-3-6-16-18(26-19(21)22-16)17(14)13-1-4-15(5-2-13)24-9-7-23(12-25)8-10-24/h1-6,12H,7-10H2,(H2,21,22). The Balaban J connectivity index is 1.68. The van der Waals surface area contributed by atoms with Crippen LogP contribution in [0.15, 0.2) is 36.4 Å². The maximum Gasteiger partial charge on any atom is 0.209 e. The van der Waals surface area contributed by atoms with Crippen LogP contribution < -0.4 is 10.6 Å². The van der Waals surface area contributed by atoms with E-state index in [1.54, 1.807) is 11.0 Å². The first kappa shape index (κ1) is 16.4. The molecule has 1 aromatic heterocycles. The van der Waals surface area contributed by atoms with Gasteiger partial charge in [-0.3, -0.25) is 4.79 Å². The molecule has 0 saturated carbocycles. The van der Waals surface area contributed by atoms with Crippen molar-refractivity contribution >= 4 is 38.8 Å². The zero-order chi connectivity index (χ0) is 18.1. The molecule has 0 spiro atoms. The normalized spacial score (nSPS) is 14.4. The van der Waals surface area contributed by atoms with Crippen molar-refractivity contribution in [1.29, 1.82) is 5.26 Å². The summed E-state index contributed by atoms with van der Waals surface area (Å²) in [5.74, 6) is 0. The van der Waals surface area contributed by atoms with Gasteiger partial charge in [0.15, 0.2) is 5.13 Å². The van der Waals surface area contributed by atoms with Crippen LogP contribution in [0.5, 0.6) is 0 Å². The molecule has 4 rings (SSSR count). The van der Waals surface area contributed by atoms with Crippen LogP contribution in [0.3, 0.4) is 0 Å². The van der Waals surface area contributed by atoms with E-state index in [1.165, 1.54) is 11.3 Å². The molecule has 2 aromatic carbocycles. The molecule has 1 amide bonds. The number of amides is 1. The van der Waals surface area contributed by atoms with Gasteiger partial charge in [-0.2, -0.15) is 5.26 Å². The van der Waals surface area contributed by atoms with Gasteiger partial charge < -0.3 is 15.5 Å². The molecule has 0 atom stereocenters. The van der Waals surface area contributed by atoms with E-state index in [0.29, 0.717) is 10.7 Å². The van der Waals surface area contributed by atoms with Gasteiger partial charge in [0.25, 0.3) is 0 Å². The number of rotatable bonds is 3. The van der Waals surface area contributed by atoms with Crippen LogP contribution in [0.2, 0.25) is 0 Å². The number of hydrogen-bond donors (Lipinski definition) is 1. The largest absolute Gasteiger partial charge is 0.375 e. The van der Waals surface area contributed by atoms with E-state index < -0.39 is 0 Å². The molecule has 0 aliphatic carbocycles. The third-order valence-electron chi connectivity index (χ3n) is 4.68. The first-order valence-electron chi connectivity index (χ1n) is 8.33. The first-order valence-corrected chi connectivity index (χ1v) is 9.15. The van der Waals surface area contributed by atoms with Gasteiger partial charge >= 0.3 is 0 Å². The van der Waals surface area contributed by atoms with Gasteiger partial charge in [-0.1, -0.05) is 23.5 Å². The smallest absolute Gasteiger partial charge is 0.209 e. The lowest BCUT2D eigenvalue weighted by Crippen LogP contribution is -2.45. The van der Waals surface area contributed by atoms with Crippen molar-refractivity contribution in [3.63, 3.8) is 0 Å². The highest BCUT2D eigenvalue weighted by Gasteiger charge is 2.17. The van der Waals surface area contributed by atoms with Crippen molar-refractivity contribution in [3.8, 4) is 17.2 Å². The molecule has 7 heteroatoms. The number of anilines is 2. The summed E-state index contributed by atoms with van der Waals surface area (Å²) >= 11 is 1.40. The molecule has 3 aromatic rings. The Hall–Kier alpha value is -3.11. The van der Waals surface area contributed by atoms with Gasteiger partial charge in [0, 0.05) is 37.4 Å². The predicted octanol–water partition coefficient (Wildman–Crippen LogP) is 2.70. The Morgan fingerprint density at radius 3 is 2.50 bits per heavy atom. The Kier molecular flexibility index (Phi) is 4.19. The summed E-state index contributed by atoms with van der Waals surface area (Å²) in [7, 11) is 0. The monoisotopic (exact) mass is 363 g/mol. The van der Waals surface area contributed by atoms with Gasteiger partial charge in [-0.15, -0.1) is 0 Å². The summed E-state index contributed by atoms with van der Waals surface area (Å²) in [5.41, 5.74) is 10.3. The van der Waals surface area contributed by atoms with E-state index in [1.807, 2.05) is 18.2 Å². The minimum absolute atomic E-state index is 0.501. The minimum atomic E-state index is 0.501. The first-order chi connectivity index (χ1) is 12.7. The second kappa shape index (κ2) is 6.65. The van der Waals surface area contributed by atoms with E-state index in [-0.39, 0.29) is 0 Å². The second-order valence-corrected chi connectivity index (χ2v) is 7.21. The fourth-order valence-electron chi connectivity index (χ4n) is 3.31. The van der Waals surface area contributed by atoms with E-state index in [0.717, 1.165) is 59.6 Å². The molecule has 2 heterocycles. The van der Waals surface area contributed by atoms with Crippen LogP contribution in [-0.2, 0) is 4.79 Å². The summed E-state index contributed by atoms with van der Waals surface area (Å²) in [5, 5.41) is 10.0. The maximum atomic E-state index is 10.8. The highest BCUT2D eigenvalue weighted by molar-refractivity contribution is 7.22. The molecule has 0 unspecified atom stereocenters. The molecule has 2 N–H and O–H groups in total. The molecule has 6 nitrogen and oxygen atoms in total. The fourth-order valence-corrected chi connectivity index (χ4v) is 4.21. The number of fused-ring (bicyclic) bond motifs is 1. The number of aromatic nitrogens is 1. The highest BCUT2D eigenvalue weighted by atomic mass is 32.1. The molecule has 1 saturated heterocycles. The molecule has 1 aliphatic heterocycles. The van der Waals surface area contributed by atoms with Gasteiger partial charge in [-0.05, 0) is 29.8 Å². The molecule has 1 fully saturated rings. The number of benzene rings is 2. The highest BCUT2D eigenvalue weighted by Crippen LogP contribution is 2.37. The molecule has 26 heavy (non-hydrogen) atoms. The van der Waals surface area contributed by atoms with Crippen LogP contribution in [0, 0.1) is 11.3 Å². The Morgan fingerprint density at radius 2 is 1.85 bits per heavy atom. The van der Waals surface area contributed by atoms with Crippen molar-refractivity contribution in [1.82, 2.24) is 9.88 Å².